The fourth-order valence-corrected chi connectivity index (χ4v) is 1.73. The van der Waals surface area contributed by atoms with Gasteiger partial charge in [0.2, 0.25) is 0 Å². The molecule has 0 saturated heterocycles. The van der Waals surface area contributed by atoms with Crippen LogP contribution >= 0.6 is 0 Å². The number of carbonyl (C=O) groups is 1. The summed E-state index contributed by atoms with van der Waals surface area (Å²) < 4.78 is 10.7. The lowest BCUT2D eigenvalue weighted by Gasteiger charge is -2.11. The highest BCUT2D eigenvalue weighted by atomic mass is 16.5. The molecule has 0 amide bonds. The Morgan fingerprint density at radius 1 is 1.22 bits per heavy atom. The molecule has 0 heterocycles. The predicted molar refractivity (Wildman–Crippen MR) is 72.2 cm³/mol. The van der Waals surface area contributed by atoms with Crippen molar-refractivity contribution >= 4 is 5.97 Å². The number of rotatable bonds is 7. The largest absolute Gasteiger partial charge is 0.493 e. The van der Waals surface area contributed by atoms with Gasteiger partial charge < -0.3 is 9.47 Å². The number of esters is 1. The van der Waals surface area contributed by atoms with Crippen molar-refractivity contribution in [3.8, 4) is 5.75 Å². The van der Waals surface area contributed by atoms with Crippen LogP contribution in [0.4, 0.5) is 0 Å². The van der Waals surface area contributed by atoms with Gasteiger partial charge in [-0.2, -0.15) is 0 Å². The summed E-state index contributed by atoms with van der Waals surface area (Å²) in [5.74, 6) is 0.491. The first-order chi connectivity index (χ1) is 8.70. The fraction of sp³-hybridized carbons (Fsp3) is 0.533. The molecule has 3 heteroatoms. The number of carbonyl (C=O) groups excluding carboxylic acids is 1. The van der Waals surface area contributed by atoms with Crippen LogP contribution in [-0.4, -0.2) is 19.2 Å². The molecule has 0 atom stereocenters. The van der Waals surface area contributed by atoms with Crippen molar-refractivity contribution in [1.29, 1.82) is 0 Å². The second kappa shape index (κ2) is 7.75. The Bertz CT molecular complexity index is 385. The molecule has 100 valence electrons. The maximum Gasteiger partial charge on any atom is 0.338 e. The molecule has 0 aliphatic rings. The van der Waals surface area contributed by atoms with Crippen LogP contribution < -0.4 is 4.74 Å². The third-order valence-corrected chi connectivity index (χ3v) is 2.78. The lowest BCUT2D eigenvalue weighted by Crippen LogP contribution is -2.08. The number of benzene rings is 1. The highest BCUT2D eigenvalue weighted by Gasteiger charge is 2.12. The summed E-state index contributed by atoms with van der Waals surface area (Å²) in [5.41, 5.74) is 1.44. The van der Waals surface area contributed by atoms with Gasteiger partial charge in [0.25, 0.3) is 0 Å². The Balaban J connectivity index is 2.69. The van der Waals surface area contributed by atoms with E-state index in [2.05, 4.69) is 6.92 Å². The van der Waals surface area contributed by atoms with Gasteiger partial charge in [0.05, 0.1) is 18.8 Å². The maximum atomic E-state index is 11.7. The average Bonchev–Trinajstić information content (AvgIpc) is 2.36. The molecule has 0 unspecified atom stereocenters. The van der Waals surface area contributed by atoms with Crippen molar-refractivity contribution in [2.24, 2.45) is 0 Å². The monoisotopic (exact) mass is 250 g/mol. The Morgan fingerprint density at radius 3 is 2.67 bits per heavy atom. The normalized spacial score (nSPS) is 10.2. The Morgan fingerprint density at radius 2 is 2.00 bits per heavy atom. The van der Waals surface area contributed by atoms with Crippen LogP contribution in [0.25, 0.3) is 0 Å². The van der Waals surface area contributed by atoms with E-state index in [9.17, 15) is 4.79 Å². The van der Waals surface area contributed by atoms with Crippen LogP contribution in [-0.2, 0) is 4.74 Å². The van der Waals surface area contributed by atoms with Crippen molar-refractivity contribution in [1.82, 2.24) is 0 Å². The highest BCUT2D eigenvalue weighted by Crippen LogP contribution is 2.22. The third-order valence-electron chi connectivity index (χ3n) is 2.78. The van der Waals surface area contributed by atoms with E-state index in [4.69, 9.17) is 9.47 Å². The third kappa shape index (κ3) is 4.06. The summed E-state index contributed by atoms with van der Waals surface area (Å²) in [5, 5.41) is 0. The lowest BCUT2D eigenvalue weighted by molar-refractivity contribution is 0.0525. The molecule has 0 N–H and O–H groups in total. The summed E-state index contributed by atoms with van der Waals surface area (Å²) in [6, 6.07) is 5.49. The van der Waals surface area contributed by atoms with Crippen LogP contribution in [0.3, 0.4) is 0 Å². The summed E-state index contributed by atoms with van der Waals surface area (Å²) in [6.07, 6.45) is 3.38. The minimum atomic E-state index is -0.283. The lowest BCUT2D eigenvalue weighted by atomic mass is 10.1. The zero-order valence-corrected chi connectivity index (χ0v) is 11.5. The van der Waals surface area contributed by atoms with E-state index in [1.54, 1.807) is 13.0 Å². The first kappa shape index (κ1) is 14.6. The molecule has 3 nitrogen and oxygen atoms in total. The standard InChI is InChI=1S/C15H22O3/c1-4-6-7-11-18-14-10-8-9-13(12(14)3)15(16)17-5-2/h8-10H,4-7,11H2,1-3H3. The molecule has 1 rings (SSSR count). The zero-order valence-electron chi connectivity index (χ0n) is 11.5. The molecule has 0 fully saturated rings. The van der Waals surface area contributed by atoms with Crippen molar-refractivity contribution < 1.29 is 14.3 Å². The van der Waals surface area contributed by atoms with E-state index in [-0.39, 0.29) is 5.97 Å². The van der Waals surface area contributed by atoms with Crippen molar-refractivity contribution in [3.05, 3.63) is 29.3 Å². The van der Waals surface area contributed by atoms with Crippen LogP contribution in [0.15, 0.2) is 18.2 Å². The van der Waals surface area contributed by atoms with Gasteiger partial charge in [0, 0.05) is 5.56 Å². The molecule has 0 saturated carbocycles. The van der Waals surface area contributed by atoms with Crippen LogP contribution in [0, 0.1) is 6.92 Å². The number of hydrogen-bond donors (Lipinski definition) is 0. The molecule has 0 aliphatic carbocycles. The van der Waals surface area contributed by atoms with E-state index >= 15 is 0 Å². The second-order valence-electron chi connectivity index (χ2n) is 4.20. The molecule has 1 aromatic carbocycles. The number of hydrogen-bond acceptors (Lipinski definition) is 3. The SMILES string of the molecule is CCCCCOc1cccc(C(=O)OCC)c1C. The first-order valence-corrected chi connectivity index (χ1v) is 6.60. The zero-order chi connectivity index (χ0) is 13.4. The smallest absolute Gasteiger partial charge is 0.338 e. The van der Waals surface area contributed by atoms with E-state index in [0.717, 1.165) is 24.2 Å². The molecule has 0 aromatic heterocycles. The van der Waals surface area contributed by atoms with Gasteiger partial charge in [-0.25, -0.2) is 4.79 Å². The summed E-state index contributed by atoms with van der Waals surface area (Å²) in [6.45, 7) is 6.94. The van der Waals surface area contributed by atoms with E-state index in [1.165, 1.54) is 6.42 Å². The molecular weight excluding hydrogens is 228 g/mol. The Labute approximate surface area is 109 Å². The molecular formula is C15H22O3. The second-order valence-corrected chi connectivity index (χ2v) is 4.20. The van der Waals surface area contributed by atoms with E-state index < -0.39 is 0 Å². The molecule has 0 bridgehead atoms. The van der Waals surface area contributed by atoms with E-state index in [0.29, 0.717) is 18.8 Å². The summed E-state index contributed by atoms with van der Waals surface area (Å²) >= 11 is 0. The van der Waals surface area contributed by atoms with Crippen molar-refractivity contribution in [2.45, 2.75) is 40.0 Å². The van der Waals surface area contributed by atoms with Crippen molar-refractivity contribution in [3.63, 3.8) is 0 Å². The molecule has 0 spiro atoms. The van der Waals surface area contributed by atoms with E-state index in [1.807, 2.05) is 19.1 Å². The predicted octanol–water partition coefficient (Wildman–Crippen LogP) is 3.74. The Hall–Kier alpha value is -1.51. The van der Waals surface area contributed by atoms with Gasteiger partial charge in [-0.15, -0.1) is 0 Å². The minimum Gasteiger partial charge on any atom is -0.493 e. The van der Waals surface area contributed by atoms with Crippen LogP contribution in [0.2, 0.25) is 0 Å². The quantitative estimate of drug-likeness (QED) is 0.546. The maximum absolute atomic E-state index is 11.7. The summed E-state index contributed by atoms with van der Waals surface area (Å²) in [4.78, 5) is 11.7. The topological polar surface area (TPSA) is 35.5 Å². The van der Waals surface area contributed by atoms with Gasteiger partial charge in [-0.05, 0) is 32.4 Å². The van der Waals surface area contributed by atoms with Gasteiger partial charge in [-0.1, -0.05) is 25.8 Å². The highest BCUT2D eigenvalue weighted by molar-refractivity contribution is 5.91. The van der Waals surface area contributed by atoms with Gasteiger partial charge in [-0.3, -0.25) is 0 Å². The molecule has 0 aliphatic heterocycles. The number of ether oxygens (including phenoxy) is 2. The minimum absolute atomic E-state index is 0.283. The average molecular weight is 250 g/mol. The summed E-state index contributed by atoms with van der Waals surface area (Å²) in [7, 11) is 0. The van der Waals surface area contributed by atoms with Crippen LogP contribution in [0.5, 0.6) is 5.75 Å². The fourth-order valence-electron chi connectivity index (χ4n) is 1.73. The molecule has 0 radical (unpaired) electrons. The van der Waals surface area contributed by atoms with Crippen molar-refractivity contribution in [2.75, 3.05) is 13.2 Å². The first-order valence-electron chi connectivity index (χ1n) is 6.60. The molecule has 1 aromatic rings. The molecule has 18 heavy (non-hydrogen) atoms. The van der Waals surface area contributed by atoms with Crippen LogP contribution in [0.1, 0.15) is 49.0 Å². The number of unbranched alkanes of at least 4 members (excludes halogenated alkanes) is 2. The Kier molecular flexibility index (Phi) is 6.26. The van der Waals surface area contributed by atoms with Gasteiger partial charge >= 0.3 is 5.97 Å². The van der Waals surface area contributed by atoms with Gasteiger partial charge in [0.1, 0.15) is 5.75 Å². The van der Waals surface area contributed by atoms with Gasteiger partial charge in [0.15, 0.2) is 0 Å².